The van der Waals surface area contributed by atoms with Crippen LogP contribution in [-0.4, -0.2) is 38.5 Å². The third kappa shape index (κ3) is 4.35. The normalized spacial score (nSPS) is 10.9. The Morgan fingerprint density at radius 1 is 1.38 bits per heavy atom. The number of phenols is 1. The zero-order valence-electron chi connectivity index (χ0n) is 15.1. The van der Waals surface area contributed by atoms with Gasteiger partial charge in [-0.3, -0.25) is 19.7 Å². The molecule has 2 N–H and O–H groups in total. The van der Waals surface area contributed by atoms with Crippen LogP contribution < -0.4 is 15.8 Å². The summed E-state index contributed by atoms with van der Waals surface area (Å²) in [6.07, 6.45) is 1.05. The molecule has 1 aromatic heterocycles. The zero-order chi connectivity index (χ0) is 21.0. The Morgan fingerprint density at radius 2 is 2.14 bits per heavy atom. The van der Waals surface area contributed by atoms with E-state index in [1.807, 2.05) is 0 Å². The number of benzene rings is 2. The highest BCUT2D eigenvalue weighted by Gasteiger charge is 2.11. The quantitative estimate of drug-likeness (QED) is 0.356. The molecule has 0 unspecified atom stereocenters. The number of nitrogens with zero attached hydrogens (tertiary/aromatic N) is 4. The number of rotatable bonds is 6. The largest absolute Gasteiger partial charge is 0.507 e. The number of aryl methyl sites for hydroxylation is 1. The summed E-state index contributed by atoms with van der Waals surface area (Å²) in [5.41, 5.74) is 2.01. The van der Waals surface area contributed by atoms with Gasteiger partial charge in [-0.2, -0.15) is 5.10 Å². The van der Waals surface area contributed by atoms with E-state index in [4.69, 9.17) is 4.84 Å². The van der Waals surface area contributed by atoms with Crippen molar-refractivity contribution >= 4 is 28.7 Å². The first kappa shape index (κ1) is 19.5. The number of nitrogens with one attached hydrogen (secondary N) is 1. The third-order valence-electron chi connectivity index (χ3n) is 3.83. The second-order valence-electron chi connectivity index (χ2n) is 5.84. The van der Waals surface area contributed by atoms with Crippen molar-refractivity contribution < 1.29 is 19.7 Å². The number of hydrogen-bond acceptors (Lipinski definition) is 8. The Labute approximate surface area is 163 Å². The number of fused-ring (bicyclic) bond motifs is 1. The molecule has 1 amide bonds. The second-order valence-corrected chi connectivity index (χ2v) is 5.84. The van der Waals surface area contributed by atoms with Crippen LogP contribution in [0.1, 0.15) is 11.4 Å². The van der Waals surface area contributed by atoms with Gasteiger partial charge in [0.25, 0.3) is 17.2 Å². The Balaban J connectivity index is 1.66. The minimum absolute atomic E-state index is 0.0474. The summed E-state index contributed by atoms with van der Waals surface area (Å²) in [6.45, 7) is 1.04. The van der Waals surface area contributed by atoms with Gasteiger partial charge in [0.2, 0.25) is 0 Å². The van der Waals surface area contributed by atoms with E-state index in [0.717, 1.165) is 29.1 Å². The monoisotopic (exact) mass is 397 g/mol. The SMILES string of the molecule is Cc1nc2ccccc2c(=O)n1OCC(=O)N/N=C/c1cc([N+](=O)[O-])ccc1O. The number of phenolic OH excluding ortho intramolecular Hbond substituents is 1. The van der Waals surface area contributed by atoms with E-state index in [1.54, 1.807) is 31.2 Å². The molecular weight excluding hydrogens is 382 g/mol. The van der Waals surface area contributed by atoms with Gasteiger partial charge in [0, 0.05) is 17.7 Å². The van der Waals surface area contributed by atoms with E-state index in [1.165, 1.54) is 0 Å². The summed E-state index contributed by atoms with van der Waals surface area (Å²) in [6, 6.07) is 10.1. The molecule has 0 saturated heterocycles. The summed E-state index contributed by atoms with van der Waals surface area (Å²) >= 11 is 0. The van der Waals surface area contributed by atoms with Gasteiger partial charge in [-0.25, -0.2) is 10.4 Å². The molecule has 0 aliphatic rings. The van der Waals surface area contributed by atoms with Crippen LogP contribution in [0.4, 0.5) is 5.69 Å². The number of hydrazone groups is 1. The Hall–Kier alpha value is -4.28. The summed E-state index contributed by atoms with van der Waals surface area (Å²) < 4.78 is 0.915. The van der Waals surface area contributed by atoms with E-state index in [2.05, 4.69) is 15.5 Å². The van der Waals surface area contributed by atoms with Crippen molar-refractivity contribution in [1.82, 2.24) is 15.1 Å². The van der Waals surface area contributed by atoms with Crippen LogP contribution in [0, 0.1) is 17.0 Å². The number of hydrogen-bond donors (Lipinski definition) is 2. The molecule has 29 heavy (non-hydrogen) atoms. The molecule has 11 nitrogen and oxygen atoms in total. The molecule has 148 valence electrons. The van der Waals surface area contributed by atoms with E-state index in [-0.39, 0.29) is 22.8 Å². The molecule has 2 aromatic carbocycles. The third-order valence-corrected chi connectivity index (χ3v) is 3.83. The van der Waals surface area contributed by atoms with Crippen molar-refractivity contribution in [3.8, 4) is 5.75 Å². The fourth-order valence-electron chi connectivity index (χ4n) is 2.47. The average Bonchev–Trinajstić information content (AvgIpc) is 2.69. The minimum atomic E-state index is -0.689. The van der Waals surface area contributed by atoms with Crippen molar-refractivity contribution in [2.75, 3.05) is 6.61 Å². The molecule has 11 heteroatoms. The topological polar surface area (TPSA) is 149 Å². The smallest absolute Gasteiger partial charge is 0.294 e. The van der Waals surface area contributed by atoms with Gasteiger partial charge in [0.15, 0.2) is 6.61 Å². The van der Waals surface area contributed by atoms with Gasteiger partial charge in [0.1, 0.15) is 11.6 Å². The lowest BCUT2D eigenvalue weighted by atomic mass is 10.2. The predicted molar refractivity (Wildman–Crippen MR) is 103 cm³/mol. The van der Waals surface area contributed by atoms with Gasteiger partial charge in [-0.15, -0.1) is 4.73 Å². The Kier molecular flexibility index (Phi) is 5.49. The molecule has 0 saturated carbocycles. The molecule has 0 bridgehead atoms. The van der Waals surface area contributed by atoms with Crippen molar-refractivity contribution in [2.45, 2.75) is 6.92 Å². The predicted octanol–water partition coefficient (Wildman–Crippen LogP) is 0.898. The minimum Gasteiger partial charge on any atom is -0.507 e. The first-order chi connectivity index (χ1) is 13.9. The number of carbonyl (C=O) groups excluding carboxylic acids is 1. The van der Waals surface area contributed by atoms with E-state index < -0.39 is 23.0 Å². The molecular formula is C18H15N5O6. The highest BCUT2D eigenvalue weighted by molar-refractivity contribution is 5.86. The number of carbonyl (C=O) groups is 1. The maximum absolute atomic E-state index is 12.4. The fourth-order valence-corrected chi connectivity index (χ4v) is 2.47. The standard InChI is InChI=1S/C18H15N5O6/c1-11-20-15-5-3-2-4-14(15)18(26)22(11)29-10-17(25)21-19-9-12-8-13(23(27)28)6-7-16(12)24/h2-9,24H,10H2,1H3,(H,21,25)/b19-9+. The lowest BCUT2D eigenvalue weighted by molar-refractivity contribution is -0.384. The maximum Gasteiger partial charge on any atom is 0.294 e. The number of aromatic nitrogens is 2. The van der Waals surface area contributed by atoms with Crippen LogP contribution in [0.3, 0.4) is 0 Å². The van der Waals surface area contributed by atoms with E-state index >= 15 is 0 Å². The number of nitro groups is 1. The number of aromatic hydroxyl groups is 1. The van der Waals surface area contributed by atoms with Gasteiger partial charge in [-0.1, -0.05) is 12.1 Å². The first-order valence-electron chi connectivity index (χ1n) is 8.28. The molecule has 0 aliphatic carbocycles. The fraction of sp³-hybridized carbons (Fsp3) is 0.111. The number of amides is 1. The first-order valence-corrected chi connectivity index (χ1v) is 8.28. The zero-order valence-corrected chi connectivity index (χ0v) is 15.1. The van der Waals surface area contributed by atoms with Gasteiger partial charge in [0.05, 0.1) is 22.0 Å². The van der Waals surface area contributed by atoms with E-state index in [9.17, 15) is 24.8 Å². The molecule has 3 aromatic rings. The van der Waals surface area contributed by atoms with Crippen LogP contribution in [0.5, 0.6) is 5.75 Å². The summed E-state index contributed by atoms with van der Waals surface area (Å²) in [4.78, 5) is 43.9. The van der Waals surface area contributed by atoms with Crippen LogP contribution in [0.2, 0.25) is 0 Å². The van der Waals surface area contributed by atoms with E-state index in [0.29, 0.717) is 10.9 Å². The number of nitro benzene ring substituents is 1. The molecule has 0 radical (unpaired) electrons. The van der Waals surface area contributed by atoms with Gasteiger partial charge >= 0.3 is 0 Å². The van der Waals surface area contributed by atoms with Crippen molar-refractivity contribution in [3.05, 3.63) is 74.3 Å². The Morgan fingerprint density at radius 3 is 2.90 bits per heavy atom. The second kappa shape index (κ2) is 8.17. The lowest BCUT2D eigenvalue weighted by Crippen LogP contribution is -2.35. The molecule has 0 aliphatic heterocycles. The molecule has 0 atom stereocenters. The van der Waals surface area contributed by atoms with Crippen molar-refractivity contribution in [3.63, 3.8) is 0 Å². The number of non-ortho nitro benzene ring substituents is 1. The molecule has 3 rings (SSSR count). The van der Waals surface area contributed by atoms with Gasteiger partial charge in [-0.05, 0) is 25.1 Å². The molecule has 1 heterocycles. The van der Waals surface area contributed by atoms with Crippen LogP contribution in [-0.2, 0) is 4.79 Å². The highest BCUT2D eigenvalue weighted by atomic mass is 16.7. The highest BCUT2D eigenvalue weighted by Crippen LogP contribution is 2.21. The van der Waals surface area contributed by atoms with Crippen LogP contribution in [0.15, 0.2) is 52.4 Å². The summed E-state index contributed by atoms with van der Waals surface area (Å²) in [7, 11) is 0. The summed E-state index contributed by atoms with van der Waals surface area (Å²) in [5.74, 6) is -0.661. The lowest BCUT2D eigenvalue weighted by Gasteiger charge is -2.11. The van der Waals surface area contributed by atoms with Crippen molar-refractivity contribution in [2.24, 2.45) is 5.10 Å². The summed E-state index contributed by atoms with van der Waals surface area (Å²) in [5, 5.41) is 24.4. The average molecular weight is 397 g/mol. The number of para-hydroxylation sites is 1. The van der Waals surface area contributed by atoms with Gasteiger partial charge < -0.3 is 9.94 Å². The molecule has 0 fully saturated rings. The van der Waals surface area contributed by atoms with Crippen molar-refractivity contribution in [1.29, 1.82) is 0 Å². The molecule has 0 spiro atoms. The van der Waals surface area contributed by atoms with Crippen LogP contribution in [0.25, 0.3) is 10.9 Å². The van der Waals surface area contributed by atoms with Crippen LogP contribution >= 0.6 is 0 Å². The Bertz CT molecular complexity index is 1190. The maximum atomic E-state index is 12.4.